The first-order chi connectivity index (χ1) is 11.1. The molecule has 0 unspecified atom stereocenters. The van der Waals surface area contributed by atoms with Crippen molar-refractivity contribution in [2.75, 3.05) is 6.54 Å². The van der Waals surface area contributed by atoms with Gasteiger partial charge in [0.2, 0.25) is 6.10 Å². The van der Waals surface area contributed by atoms with Crippen molar-refractivity contribution in [1.29, 1.82) is 0 Å². The molecule has 5 nitrogen and oxygen atoms in total. The van der Waals surface area contributed by atoms with Gasteiger partial charge >= 0.3 is 0 Å². The Morgan fingerprint density at radius 1 is 1.22 bits per heavy atom. The van der Waals surface area contributed by atoms with E-state index in [9.17, 15) is 9.90 Å². The van der Waals surface area contributed by atoms with Crippen molar-refractivity contribution in [2.24, 2.45) is 5.92 Å². The van der Waals surface area contributed by atoms with Crippen LogP contribution in [0, 0.1) is 5.92 Å². The van der Waals surface area contributed by atoms with E-state index in [4.69, 9.17) is 9.47 Å². The van der Waals surface area contributed by atoms with Crippen LogP contribution < -0.4 is 14.8 Å². The van der Waals surface area contributed by atoms with Crippen molar-refractivity contribution in [3.8, 4) is 11.5 Å². The summed E-state index contributed by atoms with van der Waals surface area (Å²) in [5.41, 5.74) is 0. The van der Waals surface area contributed by atoms with E-state index in [0.717, 1.165) is 12.8 Å². The van der Waals surface area contributed by atoms with Gasteiger partial charge in [-0.05, 0) is 37.8 Å². The fourth-order valence-corrected chi connectivity index (χ4v) is 3.40. The first kappa shape index (κ1) is 16.1. The normalized spacial score (nSPS) is 25.7. The molecule has 1 aromatic carbocycles. The van der Waals surface area contributed by atoms with Gasteiger partial charge in [-0.25, -0.2) is 0 Å². The summed E-state index contributed by atoms with van der Waals surface area (Å²) < 4.78 is 11.5. The SMILES string of the molecule is C[C@@H]1Oc2ccccc2O[C@@H]1C(=O)NC[C@@H](O)C1CCCCC1. The molecule has 0 radical (unpaired) electrons. The van der Waals surface area contributed by atoms with Crippen LogP contribution in [0.5, 0.6) is 11.5 Å². The average Bonchev–Trinajstić information content (AvgIpc) is 2.59. The Morgan fingerprint density at radius 3 is 2.57 bits per heavy atom. The number of aliphatic hydroxyl groups excluding tert-OH is 1. The van der Waals surface area contributed by atoms with E-state index in [1.807, 2.05) is 25.1 Å². The summed E-state index contributed by atoms with van der Waals surface area (Å²) >= 11 is 0. The van der Waals surface area contributed by atoms with E-state index in [2.05, 4.69) is 5.32 Å². The summed E-state index contributed by atoms with van der Waals surface area (Å²) in [5, 5.41) is 13.1. The van der Waals surface area contributed by atoms with Crippen molar-refractivity contribution in [2.45, 2.75) is 57.3 Å². The second-order valence-electron chi connectivity index (χ2n) is 6.52. The number of rotatable bonds is 4. The molecule has 3 rings (SSSR count). The highest BCUT2D eigenvalue weighted by atomic mass is 16.6. The van der Waals surface area contributed by atoms with E-state index in [-0.39, 0.29) is 18.6 Å². The number of carbonyl (C=O) groups excluding carboxylic acids is 1. The van der Waals surface area contributed by atoms with Crippen molar-refractivity contribution in [1.82, 2.24) is 5.32 Å². The molecule has 0 saturated heterocycles. The van der Waals surface area contributed by atoms with Crippen molar-refractivity contribution in [3.05, 3.63) is 24.3 Å². The lowest BCUT2D eigenvalue weighted by atomic mass is 9.85. The summed E-state index contributed by atoms with van der Waals surface area (Å²) in [6.07, 6.45) is 4.14. The number of fused-ring (bicyclic) bond motifs is 1. The molecule has 3 atom stereocenters. The molecule has 1 aliphatic heterocycles. The molecule has 1 fully saturated rings. The second kappa shape index (κ2) is 7.21. The molecule has 126 valence electrons. The minimum Gasteiger partial charge on any atom is -0.482 e. The number of ether oxygens (including phenoxy) is 2. The maximum absolute atomic E-state index is 12.4. The van der Waals surface area contributed by atoms with Crippen LogP contribution in [0.25, 0.3) is 0 Å². The molecular weight excluding hydrogens is 294 g/mol. The van der Waals surface area contributed by atoms with E-state index < -0.39 is 12.2 Å². The first-order valence-electron chi connectivity index (χ1n) is 8.53. The molecule has 23 heavy (non-hydrogen) atoms. The maximum atomic E-state index is 12.4. The van der Waals surface area contributed by atoms with Gasteiger partial charge in [0.15, 0.2) is 11.5 Å². The number of para-hydroxylation sites is 2. The molecule has 5 heteroatoms. The molecule has 1 aromatic rings. The average molecular weight is 319 g/mol. The summed E-state index contributed by atoms with van der Waals surface area (Å²) in [6.45, 7) is 2.09. The third kappa shape index (κ3) is 3.78. The maximum Gasteiger partial charge on any atom is 0.265 e. The number of amides is 1. The number of carbonyl (C=O) groups is 1. The summed E-state index contributed by atoms with van der Waals surface area (Å²) in [4.78, 5) is 12.4. The Bertz CT molecular complexity index is 542. The lowest BCUT2D eigenvalue weighted by molar-refractivity contribution is -0.134. The van der Waals surface area contributed by atoms with Gasteiger partial charge in [0.05, 0.1) is 6.10 Å². The number of hydrogen-bond acceptors (Lipinski definition) is 4. The van der Waals surface area contributed by atoms with Crippen LogP contribution >= 0.6 is 0 Å². The fourth-order valence-electron chi connectivity index (χ4n) is 3.40. The molecule has 0 aromatic heterocycles. The van der Waals surface area contributed by atoms with Gasteiger partial charge in [-0.15, -0.1) is 0 Å². The molecule has 1 saturated carbocycles. The second-order valence-corrected chi connectivity index (χ2v) is 6.52. The van der Waals surface area contributed by atoms with Gasteiger partial charge in [0, 0.05) is 6.54 Å². The van der Waals surface area contributed by atoms with Crippen LogP contribution in [0.1, 0.15) is 39.0 Å². The van der Waals surface area contributed by atoms with Gasteiger partial charge in [-0.1, -0.05) is 31.4 Å². The van der Waals surface area contributed by atoms with Crippen molar-refractivity contribution in [3.63, 3.8) is 0 Å². The molecule has 2 aliphatic rings. The summed E-state index contributed by atoms with van der Waals surface area (Å²) in [7, 11) is 0. The molecule has 1 aliphatic carbocycles. The Morgan fingerprint density at radius 2 is 1.87 bits per heavy atom. The van der Waals surface area contributed by atoms with Crippen LogP contribution in [0.2, 0.25) is 0 Å². The molecule has 2 N–H and O–H groups in total. The highest BCUT2D eigenvalue weighted by Crippen LogP contribution is 2.33. The van der Waals surface area contributed by atoms with E-state index >= 15 is 0 Å². The number of aliphatic hydroxyl groups is 1. The lowest BCUT2D eigenvalue weighted by Gasteiger charge is -2.32. The Balaban J connectivity index is 1.54. The van der Waals surface area contributed by atoms with Gasteiger partial charge in [0.1, 0.15) is 6.10 Å². The minimum absolute atomic E-state index is 0.234. The van der Waals surface area contributed by atoms with Gasteiger partial charge < -0.3 is 19.9 Å². The van der Waals surface area contributed by atoms with Gasteiger partial charge in [-0.2, -0.15) is 0 Å². The molecule has 1 amide bonds. The first-order valence-corrected chi connectivity index (χ1v) is 8.53. The number of hydrogen-bond donors (Lipinski definition) is 2. The Hall–Kier alpha value is -1.75. The third-order valence-electron chi connectivity index (χ3n) is 4.78. The van der Waals surface area contributed by atoms with Crippen LogP contribution in [-0.4, -0.2) is 35.9 Å². The summed E-state index contributed by atoms with van der Waals surface area (Å²) in [6, 6.07) is 7.33. The predicted molar refractivity (Wildman–Crippen MR) is 86.5 cm³/mol. The van der Waals surface area contributed by atoms with Crippen LogP contribution in [0.15, 0.2) is 24.3 Å². The predicted octanol–water partition coefficient (Wildman–Crippen LogP) is 2.27. The zero-order valence-corrected chi connectivity index (χ0v) is 13.5. The monoisotopic (exact) mass is 319 g/mol. The number of benzene rings is 1. The minimum atomic E-state index is -0.691. The zero-order chi connectivity index (χ0) is 16.2. The Labute approximate surface area is 137 Å². The topological polar surface area (TPSA) is 67.8 Å². The van der Waals surface area contributed by atoms with Crippen LogP contribution in [0.3, 0.4) is 0 Å². The quantitative estimate of drug-likeness (QED) is 0.893. The van der Waals surface area contributed by atoms with Crippen molar-refractivity contribution < 1.29 is 19.4 Å². The largest absolute Gasteiger partial charge is 0.482 e. The fraction of sp³-hybridized carbons (Fsp3) is 0.611. The van der Waals surface area contributed by atoms with Crippen LogP contribution in [-0.2, 0) is 4.79 Å². The Kier molecular flexibility index (Phi) is 5.06. The molecule has 0 bridgehead atoms. The highest BCUT2D eigenvalue weighted by molar-refractivity contribution is 5.82. The number of nitrogens with one attached hydrogen (secondary N) is 1. The third-order valence-corrected chi connectivity index (χ3v) is 4.78. The van der Waals surface area contributed by atoms with E-state index in [0.29, 0.717) is 17.4 Å². The highest BCUT2D eigenvalue weighted by Gasteiger charge is 2.34. The van der Waals surface area contributed by atoms with Crippen LogP contribution in [0.4, 0.5) is 0 Å². The molecule has 0 spiro atoms. The molecule has 1 heterocycles. The molecular formula is C18H25NO4. The van der Waals surface area contributed by atoms with Gasteiger partial charge in [0.25, 0.3) is 5.91 Å². The van der Waals surface area contributed by atoms with Gasteiger partial charge in [-0.3, -0.25) is 4.79 Å². The van der Waals surface area contributed by atoms with Crippen molar-refractivity contribution >= 4 is 5.91 Å². The lowest BCUT2D eigenvalue weighted by Crippen LogP contribution is -2.51. The standard InChI is InChI=1S/C18H25NO4/c1-12-17(23-16-10-6-5-9-15(16)22-12)18(21)19-11-14(20)13-7-3-2-4-8-13/h5-6,9-10,12-14,17,20H,2-4,7-8,11H2,1H3,(H,19,21)/t12-,14+,17-/m0/s1. The summed E-state index contributed by atoms with van der Waals surface area (Å²) in [5.74, 6) is 1.30. The zero-order valence-electron chi connectivity index (χ0n) is 13.5. The van der Waals surface area contributed by atoms with E-state index in [1.165, 1.54) is 19.3 Å². The van der Waals surface area contributed by atoms with E-state index in [1.54, 1.807) is 6.07 Å². The smallest absolute Gasteiger partial charge is 0.265 e.